The molecule has 0 spiro atoms. The maximum Gasteiger partial charge on any atom is 0.573 e. The van der Waals surface area contributed by atoms with Crippen molar-refractivity contribution in [1.82, 2.24) is 19.9 Å². The van der Waals surface area contributed by atoms with E-state index in [0.29, 0.717) is 30.0 Å². The van der Waals surface area contributed by atoms with Gasteiger partial charge in [0, 0.05) is 19.0 Å². The number of benzene rings is 2. The number of fused-ring (bicyclic) bond motifs is 1. The molecule has 0 aliphatic heterocycles. The van der Waals surface area contributed by atoms with Crippen molar-refractivity contribution in [3.63, 3.8) is 0 Å². The summed E-state index contributed by atoms with van der Waals surface area (Å²) in [6, 6.07) is 13.9. The maximum absolute atomic E-state index is 12.6. The molecule has 4 aromatic rings. The Kier molecular flexibility index (Phi) is 7.14. The van der Waals surface area contributed by atoms with Crippen molar-refractivity contribution >= 4 is 17.1 Å². The van der Waals surface area contributed by atoms with Crippen LogP contribution in [0.15, 0.2) is 60.8 Å². The Labute approximate surface area is 205 Å². The molecule has 2 heterocycles. The number of carbonyl (C=O) groups is 1. The molecule has 7 nitrogen and oxygen atoms in total. The number of ether oxygens (including phenoxy) is 1. The monoisotopic (exact) mass is 498 g/mol. The van der Waals surface area contributed by atoms with Crippen LogP contribution in [0.3, 0.4) is 0 Å². The molecule has 0 radical (unpaired) electrons. The molecule has 2 N–H and O–H groups in total. The summed E-state index contributed by atoms with van der Waals surface area (Å²) < 4.78 is 43.2. The SMILES string of the molecule is Cc1cnc2c(c1)nc(CCC(=O)N[C@@H](C)c1ccc(O)cc1)n2Cc1ccc(OC(F)(F)F)cc1. The largest absolute Gasteiger partial charge is 0.573 e. The van der Waals surface area contributed by atoms with E-state index >= 15 is 0 Å². The number of aromatic nitrogens is 3. The third kappa shape index (κ3) is 6.32. The molecule has 188 valence electrons. The fourth-order valence-corrected chi connectivity index (χ4v) is 3.88. The summed E-state index contributed by atoms with van der Waals surface area (Å²) in [5.74, 6) is 0.343. The quantitative estimate of drug-likeness (QED) is 0.349. The van der Waals surface area contributed by atoms with E-state index in [0.717, 1.165) is 16.7 Å². The smallest absolute Gasteiger partial charge is 0.508 e. The molecule has 10 heteroatoms. The van der Waals surface area contributed by atoms with Gasteiger partial charge in [0.15, 0.2) is 5.65 Å². The van der Waals surface area contributed by atoms with E-state index in [2.05, 4.69) is 20.0 Å². The van der Waals surface area contributed by atoms with E-state index in [4.69, 9.17) is 0 Å². The fourth-order valence-electron chi connectivity index (χ4n) is 3.88. The first-order valence-electron chi connectivity index (χ1n) is 11.3. The molecule has 0 saturated heterocycles. The number of aromatic hydroxyl groups is 1. The van der Waals surface area contributed by atoms with Gasteiger partial charge in [-0.25, -0.2) is 9.97 Å². The van der Waals surface area contributed by atoms with Crippen molar-refractivity contribution in [2.45, 2.75) is 45.6 Å². The van der Waals surface area contributed by atoms with Crippen LogP contribution in [0.5, 0.6) is 11.5 Å². The number of alkyl halides is 3. The Balaban J connectivity index is 1.49. The van der Waals surface area contributed by atoms with Gasteiger partial charge in [0.2, 0.25) is 5.91 Å². The number of pyridine rings is 1. The van der Waals surface area contributed by atoms with Gasteiger partial charge in [0.25, 0.3) is 0 Å². The van der Waals surface area contributed by atoms with Crippen molar-refractivity contribution in [1.29, 1.82) is 0 Å². The minimum absolute atomic E-state index is 0.155. The first-order chi connectivity index (χ1) is 17.1. The molecule has 1 atom stereocenters. The van der Waals surface area contributed by atoms with Gasteiger partial charge in [-0.15, -0.1) is 13.2 Å². The lowest BCUT2D eigenvalue weighted by atomic mass is 10.1. The molecule has 4 rings (SSSR count). The van der Waals surface area contributed by atoms with Crippen LogP contribution >= 0.6 is 0 Å². The Morgan fingerprint density at radius 2 is 1.83 bits per heavy atom. The molecule has 0 aliphatic rings. The zero-order valence-corrected chi connectivity index (χ0v) is 19.7. The van der Waals surface area contributed by atoms with Crippen LogP contribution in [0.4, 0.5) is 13.2 Å². The number of hydrogen-bond acceptors (Lipinski definition) is 5. The molecule has 0 saturated carbocycles. The Morgan fingerprint density at radius 3 is 2.50 bits per heavy atom. The Morgan fingerprint density at radius 1 is 1.14 bits per heavy atom. The average molecular weight is 499 g/mol. The molecular formula is C26H25F3N4O3. The topological polar surface area (TPSA) is 89.3 Å². The third-order valence-electron chi connectivity index (χ3n) is 5.64. The highest BCUT2D eigenvalue weighted by atomic mass is 19.4. The van der Waals surface area contributed by atoms with Crippen LogP contribution in [0.2, 0.25) is 0 Å². The molecule has 2 aromatic heterocycles. The van der Waals surface area contributed by atoms with Crippen molar-refractivity contribution in [2.75, 3.05) is 0 Å². The lowest BCUT2D eigenvalue weighted by Gasteiger charge is -2.15. The van der Waals surface area contributed by atoms with Crippen LogP contribution in [0.25, 0.3) is 11.2 Å². The number of aryl methyl sites for hydroxylation is 2. The number of amides is 1. The summed E-state index contributed by atoms with van der Waals surface area (Å²) in [6.07, 6.45) is -2.50. The highest BCUT2D eigenvalue weighted by Crippen LogP contribution is 2.24. The lowest BCUT2D eigenvalue weighted by molar-refractivity contribution is -0.274. The second kappa shape index (κ2) is 10.3. The number of carbonyl (C=O) groups excluding carboxylic acids is 1. The highest BCUT2D eigenvalue weighted by Gasteiger charge is 2.31. The van der Waals surface area contributed by atoms with Gasteiger partial charge >= 0.3 is 6.36 Å². The van der Waals surface area contributed by atoms with Gasteiger partial charge in [-0.1, -0.05) is 24.3 Å². The third-order valence-corrected chi connectivity index (χ3v) is 5.64. The van der Waals surface area contributed by atoms with E-state index in [1.54, 1.807) is 42.6 Å². The molecule has 2 aromatic carbocycles. The molecule has 0 aliphatic carbocycles. The van der Waals surface area contributed by atoms with Gasteiger partial charge in [-0.3, -0.25) is 4.79 Å². The Bertz CT molecular complexity index is 1350. The zero-order valence-electron chi connectivity index (χ0n) is 19.7. The van der Waals surface area contributed by atoms with E-state index in [1.165, 1.54) is 12.1 Å². The van der Waals surface area contributed by atoms with Crippen molar-refractivity contribution < 1.29 is 27.8 Å². The van der Waals surface area contributed by atoms with E-state index in [9.17, 15) is 23.1 Å². The number of halogens is 3. The predicted octanol–water partition coefficient (Wildman–Crippen LogP) is 5.20. The normalized spacial score (nSPS) is 12.5. The molecule has 36 heavy (non-hydrogen) atoms. The van der Waals surface area contributed by atoms with Crippen LogP contribution in [0, 0.1) is 6.92 Å². The van der Waals surface area contributed by atoms with Crippen LogP contribution < -0.4 is 10.1 Å². The van der Waals surface area contributed by atoms with Gasteiger partial charge in [-0.2, -0.15) is 0 Å². The first kappa shape index (κ1) is 25.0. The predicted molar refractivity (Wildman–Crippen MR) is 127 cm³/mol. The minimum atomic E-state index is -4.75. The summed E-state index contributed by atoms with van der Waals surface area (Å²) in [5.41, 5.74) is 3.85. The van der Waals surface area contributed by atoms with Crippen molar-refractivity contribution in [3.8, 4) is 11.5 Å². The summed E-state index contributed by atoms with van der Waals surface area (Å²) >= 11 is 0. The van der Waals surface area contributed by atoms with Crippen molar-refractivity contribution in [3.05, 3.63) is 83.3 Å². The highest BCUT2D eigenvalue weighted by molar-refractivity contribution is 5.77. The minimum Gasteiger partial charge on any atom is -0.508 e. The molecule has 1 amide bonds. The summed E-state index contributed by atoms with van der Waals surface area (Å²) in [4.78, 5) is 21.8. The number of hydrogen-bond donors (Lipinski definition) is 2. The number of phenols is 1. The number of phenolic OH excluding ortho intramolecular Hbond substituents is 1. The van der Waals surface area contributed by atoms with Crippen molar-refractivity contribution in [2.24, 2.45) is 0 Å². The summed E-state index contributed by atoms with van der Waals surface area (Å²) in [5, 5.41) is 12.4. The number of imidazole rings is 1. The van der Waals surface area contributed by atoms with Gasteiger partial charge in [0.1, 0.15) is 22.8 Å². The second-order valence-electron chi connectivity index (χ2n) is 8.54. The molecular weight excluding hydrogens is 473 g/mol. The number of rotatable bonds is 8. The maximum atomic E-state index is 12.6. The second-order valence-corrected chi connectivity index (χ2v) is 8.54. The standard InChI is InChI=1S/C26H25F3N4O3/c1-16-13-22-25(30-14-16)33(15-18-3-9-21(10-4-18)36-26(27,28)29)23(32-22)11-12-24(35)31-17(2)19-5-7-20(34)8-6-19/h3-10,13-14,17,34H,11-12,15H2,1-2H3,(H,31,35)/t17-/m0/s1. The van der Waals surface area contributed by atoms with Gasteiger partial charge < -0.3 is 19.7 Å². The van der Waals surface area contributed by atoms with E-state index in [-0.39, 0.29) is 29.9 Å². The van der Waals surface area contributed by atoms with Crippen LogP contribution in [-0.2, 0) is 17.8 Å². The van der Waals surface area contributed by atoms with E-state index < -0.39 is 6.36 Å². The number of nitrogens with one attached hydrogen (secondary N) is 1. The van der Waals surface area contributed by atoms with Gasteiger partial charge in [-0.05, 0) is 60.9 Å². The fraction of sp³-hybridized carbons (Fsp3) is 0.269. The summed E-state index contributed by atoms with van der Waals surface area (Å²) in [6.45, 7) is 4.08. The number of nitrogens with zero attached hydrogens (tertiary/aromatic N) is 3. The average Bonchev–Trinajstić information content (AvgIpc) is 3.14. The summed E-state index contributed by atoms with van der Waals surface area (Å²) in [7, 11) is 0. The van der Waals surface area contributed by atoms with Crippen LogP contribution in [0.1, 0.15) is 41.9 Å². The molecule has 0 unspecified atom stereocenters. The lowest BCUT2D eigenvalue weighted by Crippen LogP contribution is -2.27. The zero-order chi connectivity index (χ0) is 25.9. The molecule has 0 bridgehead atoms. The Hall–Kier alpha value is -4.08. The first-order valence-corrected chi connectivity index (χ1v) is 11.3. The van der Waals surface area contributed by atoms with Gasteiger partial charge in [0.05, 0.1) is 12.6 Å². The van der Waals surface area contributed by atoms with E-state index in [1.807, 2.05) is 24.5 Å². The molecule has 0 fully saturated rings. The van der Waals surface area contributed by atoms with Crippen LogP contribution in [-0.4, -0.2) is 31.9 Å².